The molecule has 28 heavy (non-hydrogen) atoms. The Kier molecular flexibility index (Phi) is 6.08. The Morgan fingerprint density at radius 1 is 0.893 bits per heavy atom. The van der Waals surface area contributed by atoms with E-state index in [2.05, 4.69) is 76.2 Å². The molecule has 148 valence electrons. The zero-order valence-corrected chi connectivity index (χ0v) is 16.9. The van der Waals surface area contributed by atoms with Crippen LogP contribution < -0.4 is 0 Å². The molecule has 4 nitrogen and oxygen atoms in total. The van der Waals surface area contributed by atoms with Crippen LogP contribution in [0, 0.1) is 6.92 Å². The Morgan fingerprint density at radius 3 is 2.29 bits per heavy atom. The molecule has 2 aliphatic rings. The summed E-state index contributed by atoms with van der Waals surface area (Å²) < 4.78 is 0. The molecule has 0 aliphatic carbocycles. The Balaban J connectivity index is 1.28. The lowest BCUT2D eigenvalue weighted by atomic mass is 10.0. The predicted octanol–water partition coefficient (Wildman–Crippen LogP) is 3.48. The molecule has 1 amide bonds. The lowest BCUT2D eigenvalue weighted by molar-refractivity contribution is -0.133. The normalized spacial score (nSPS) is 21.2. The van der Waals surface area contributed by atoms with Crippen molar-refractivity contribution in [2.75, 3.05) is 39.3 Å². The standard InChI is InChI=1S/C24H31N3O/c1-20-9-11-22(12-10-20)23-8-5-13-27(23)24(28)19-26-16-14-25(15-17-26)18-21-6-3-2-4-7-21/h2-4,6-7,9-12,23H,5,8,13-19H2,1H3. The van der Waals surface area contributed by atoms with Gasteiger partial charge in [0.25, 0.3) is 0 Å². The maximum atomic E-state index is 13.0. The van der Waals surface area contributed by atoms with E-state index in [-0.39, 0.29) is 6.04 Å². The van der Waals surface area contributed by atoms with Crippen LogP contribution in [0.15, 0.2) is 54.6 Å². The molecule has 0 aromatic heterocycles. The van der Waals surface area contributed by atoms with Gasteiger partial charge in [-0.2, -0.15) is 0 Å². The van der Waals surface area contributed by atoms with E-state index in [0.717, 1.165) is 52.1 Å². The molecule has 2 saturated heterocycles. The van der Waals surface area contributed by atoms with Crippen LogP contribution in [0.4, 0.5) is 0 Å². The number of aryl methyl sites for hydroxylation is 1. The summed E-state index contributed by atoms with van der Waals surface area (Å²) >= 11 is 0. The van der Waals surface area contributed by atoms with Crippen molar-refractivity contribution in [1.29, 1.82) is 0 Å². The van der Waals surface area contributed by atoms with Crippen LogP contribution in [0.3, 0.4) is 0 Å². The topological polar surface area (TPSA) is 26.8 Å². The molecule has 1 unspecified atom stereocenters. The van der Waals surface area contributed by atoms with Crippen molar-refractivity contribution in [2.45, 2.75) is 32.4 Å². The predicted molar refractivity (Wildman–Crippen MR) is 113 cm³/mol. The number of carbonyl (C=O) groups is 1. The molecule has 2 aromatic carbocycles. The zero-order valence-electron chi connectivity index (χ0n) is 16.9. The monoisotopic (exact) mass is 377 g/mol. The van der Waals surface area contributed by atoms with Crippen molar-refractivity contribution in [3.05, 3.63) is 71.3 Å². The van der Waals surface area contributed by atoms with Gasteiger partial charge in [-0.1, -0.05) is 60.2 Å². The van der Waals surface area contributed by atoms with Crippen molar-refractivity contribution in [3.63, 3.8) is 0 Å². The fourth-order valence-corrected chi connectivity index (χ4v) is 4.43. The summed E-state index contributed by atoms with van der Waals surface area (Å²) in [5, 5.41) is 0. The molecule has 0 radical (unpaired) electrons. The molecular formula is C24H31N3O. The largest absolute Gasteiger partial charge is 0.335 e. The molecule has 0 saturated carbocycles. The molecule has 4 heteroatoms. The first-order chi connectivity index (χ1) is 13.7. The SMILES string of the molecule is Cc1ccc(C2CCCN2C(=O)CN2CCN(Cc3ccccc3)CC2)cc1. The van der Waals surface area contributed by atoms with Gasteiger partial charge in [-0.15, -0.1) is 0 Å². The first-order valence-electron chi connectivity index (χ1n) is 10.5. The first-order valence-corrected chi connectivity index (χ1v) is 10.5. The molecule has 0 spiro atoms. The highest BCUT2D eigenvalue weighted by Gasteiger charge is 2.31. The highest BCUT2D eigenvalue weighted by molar-refractivity contribution is 5.79. The number of nitrogens with zero attached hydrogens (tertiary/aromatic N) is 3. The Morgan fingerprint density at radius 2 is 1.57 bits per heavy atom. The van der Waals surface area contributed by atoms with E-state index in [1.165, 1.54) is 16.7 Å². The molecule has 2 aliphatic heterocycles. The van der Waals surface area contributed by atoms with Crippen LogP contribution in [0.2, 0.25) is 0 Å². The number of likely N-dealkylation sites (tertiary alicyclic amines) is 1. The molecule has 2 aromatic rings. The second-order valence-electron chi connectivity index (χ2n) is 8.19. The number of amides is 1. The van der Waals surface area contributed by atoms with Crippen molar-refractivity contribution < 1.29 is 4.79 Å². The van der Waals surface area contributed by atoms with Crippen LogP contribution in [0.5, 0.6) is 0 Å². The van der Waals surface area contributed by atoms with E-state index in [1.807, 2.05) is 0 Å². The fraction of sp³-hybridized carbons (Fsp3) is 0.458. The number of carbonyl (C=O) groups excluding carboxylic acids is 1. The van der Waals surface area contributed by atoms with Crippen LogP contribution in [0.1, 0.15) is 35.6 Å². The second-order valence-corrected chi connectivity index (χ2v) is 8.19. The van der Waals surface area contributed by atoms with Crippen LogP contribution in [-0.4, -0.2) is 59.9 Å². The van der Waals surface area contributed by atoms with E-state index in [1.54, 1.807) is 0 Å². The van der Waals surface area contributed by atoms with Crippen molar-refractivity contribution in [2.24, 2.45) is 0 Å². The van der Waals surface area contributed by atoms with Crippen LogP contribution >= 0.6 is 0 Å². The molecule has 4 rings (SSSR count). The van der Waals surface area contributed by atoms with Gasteiger partial charge in [0.2, 0.25) is 5.91 Å². The second kappa shape index (κ2) is 8.89. The van der Waals surface area contributed by atoms with Gasteiger partial charge in [-0.25, -0.2) is 0 Å². The van der Waals surface area contributed by atoms with Gasteiger partial charge >= 0.3 is 0 Å². The Bertz CT molecular complexity index is 766. The summed E-state index contributed by atoms with van der Waals surface area (Å²) in [6.07, 6.45) is 2.19. The summed E-state index contributed by atoms with van der Waals surface area (Å²) in [5.41, 5.74) is 3.92. The maximum absolute atomic E-state index is 13.0. The molecule has 0 bridgehead atoms. The minimum atomic E-state index is 0.257. The minimum Gasteiger partial charge on any atom is -0.335 e. The van der Waals surface area contributed by atoms with Crippen molar-refractivity contribution in [1.82, 2.24) is 14.7 Å². The quantitative estimate of drug-likeness (QED) is 0.798. The maximum Gasteiger partial charge on any atom is 0.237 e. The van der Waals surface area contributed by atoms with Crippen LogP contribution in [-0.2, 0) is 11.3 Å². The Labute approximate surface area is 168 Å². The molecular weight excluding hydrogens is 346 g/mol. The van der Waals surface area contributed by atoms with Gasteiger partial charge < -0.3 is 4.90 Å². The van der Waals surface area contributed by atoms with E-state index in [9.17, 15) is 4.79 Å². The number of hydrogen-bond acceptors (Lipinski definition) is 3. The average molecular weight is 378 g/mol. The van der Waals surface area contributed by atoms with E-state index < -0.39 is 0 Å². The number of piperazine rings is 1. The molecule has 1 atom stereocenters. The van der Waals surface area contributed by atoms with Gasteiger partial charge in [0, 0.05) is 39.3 Å². The van der Waals surface area contributed by atoms with Gasteiger partial charge in [0.05, 0.1) is 12.6 Å². The van der Waals surface area contributed by atoms with Gasteiger partial charge in [0.15, 0.2) is 0 Å². The van der Waals surface area contributed by atoms with E-state index in [0.29, 0.717) is 12.5 Å². The third kappa shape index (κ3) is 4.62. The summed E-state index contributed by atoms with van der Waals surface area (Å²) in [6.45, 7) is 8.58. The van der Waals surface area contributed by atoms with Crippen molar-refractivity contribution in [3.8, 4) is 0 Å². The van der Waals surface area contributed by atoms with E-state index in [4.69, 9.17) is 0 Å². The van der Waals surface area contributed by atoms with E-state index >= 15 is 0 Å². The molecule has 2 fully saturated rings. The molecule has 0 N–H and O–H groups in total. The van der Waals surface area contributed by atoms with Gasteiger partial charge in [-0.05, 0) is 30.9 Å². The third-order valence-electron chi connectivity index (χ3n) is 6.11. The Hall–Kier alpha value is -2.17. The van der Waals surface area contributed by atoms with Gasteiger partial charge in [0.1, 0.15) is 0 Å². The lowest BCUT2D eigenvalue weighted by Gasteiger charge is -2.35. The van der Waals surface area contributed by atoms with Crippen molar-refractivity contribution >= 4 is 5.91 Å². The smallest absolute Gasteiger partial charge is 0.237 e. The van der Waals surface area contributed by atoms with Crippen LogP contribution in [0.25, 0.3) is 0 Å². The average Bonchev–Trinajstić information content (AvgIpc) is 3.21. The number of hydrogen-bond donors (Lipinski definition) is 0. The summed E-state index contributed by atoms with van der Waals surface area (Å²) in [7, 11) is 0. The number of benzene rings is 2. The lowest BCUT2D eigenvalue weighted by Crippen LogP contribution is -2.49. The minimum absolute atomic E-state index is 0.257. The fourth-order valence-electron chi connectivity index (χ4n) is 4.43. The first kappa shape index (κ1) is 19.2. The highest BCUT2D eigenvalue weighted by Crippen LogP contribution is 2.32. The third-order valence-corrected chi connectivity index (χ3v) is 6.11. The molecule has 2 heterocycles. The summed E-state index contributed by atoms with van der Waals surface area (Å²) in [4.78, 5) is 19.9. The van der Waals surface area contributed by atoms with Gasteiger partial charge in [-0.3, -0.25) is 14.6 Å². The zero-order chi connectivity index (χ0) is 19.3. The number of rotatable bonds is 5. The highest BCUT2D eigenvalue weighted by atomic mass is 16.2. The summed E-state index contributed by atoms with van der Waals surface area (Å²) in [6, 6.07) is 19.6. The summed E-state index contributed by atoms with van der Waals surface area (Å²) in [5.74, 6) is 0.291.